The molecule has 0 bridgehead atoms. The van der Waals surface area contributed by atoms with Gasteiger partial charge in [0.05, 0.1) is 5.56 Å². The molecular weight excluding hydrogens is 145 g/mol. The molecule has 0 saturated heterocycles. The molecule has 1 aromatic rings. The highest BCUT2D eigenvalue weighted by atomic mass is 19.1. The van der Waals surface area contributed by atoms with Crippen LogP contribution < -0.4 is 11.5 Å². The Kier molecular flexibility index (Phi) is 1.76. The normalized spacial score (nSPS) is 9.55. The number of hydrogen-bond donors (Lipinski definition) is 3. The molecule has 0 aliphatic carbocycles. The van der Waals surface area contributed by atoms with Crippen LogP contribution in [0.3, 0.4) is 0 Å². The van der Waals surface area contributed by atoms with E-state index in [-0.39, 0.29) is 11.4 Å². The van der Waals surface area contributed by atoms with Crippen molar-refractivity contribution >= 4 is 11.5 Å². The summed E-state index contributed by atoms with van der Waals surface area (Å²) in [7, 11) is 0. The van der Waals surface area contributed by atoms with E-state index in [1.54, 1.807) is 0 Å². The Morgan fingerprint density at radius 3 is 2.55 bits per heavy atom. The SMILES string of the molecule is N=C(N)c1ccc(N)cc1F. The molecule has 4 heteroatoms. The van der Waals surface area contributed by atoms with Crippen LogP contribution in [0.4, 0.5) is 10.1 Å². The van der Waals surface area contributed by atoms with Crippen molar-refractivity contribution in [2.45, 2.75) is 0 Å². The lowest BCUT2D eigenvalue weighted by Gasteiger charge is -2.00. The molecule has 3 nitrogen and oxygen atoms in total. The Morgan fingerprint density at radius 1 is 1.45 bits per heavy atom. The summed E-state index contributed by atoms with van der Waals surface area (Å²) in [5, 5.41) is 6.94. The van der Waals surface area contributed by atoms with E-state index in [4.69, 9.17) is 16.9 Å². The summed E-state index contributed by atoms with van der Waals surface area (Å²) in [6.45, 7) is 0. The molecule has 1 aromatic carbocycles. The minimum absolute atomic E-state index is 0.0826. The fraction of sp³-hybridized carbons (Fsp3) is 0. The largest absolute Gasteiger partial charge is 0.399 e. The van der Waals surface area contributed by atoms with Crippen molar-refractivity contribution in [1.29, 1.82) is 5.41 Å². The lowest BCUT2D eigenvalue weighted by molar-refractivity contribution is 0.625. The molecule has 0 aliphatic rings. The van der Waals surface area contributed by atoms with Gasteiger partial charge in [0.1, 0.15) is 11.7 Å². The molecular formula is C7H8FN3. The van der Waals surface area contributed by atoms with Gasteiger partial charge in [0.15, 0.2) is 0 Å². The zero-order valence-electron chi connectivity index (χ0n) is 5.76. The van der Waals surface area contributed by atoms with Crippen LogP contribution in [0.1, 0.15) is 5.56 Å². The maximum atomic E-state index is 12.8. The molecule has 0 unspecified atom stereocenters. The summed E-state index contributed by atoms with van der Waals surface area (Å²) >= 11 is 0. The number of nitrogens with two attached hydrogens (primary N) is 2. The van der Waals surface area contributed by atoms with E-state index in [0.717, 1.165) is 6.07 Å². The first-order valence-electron chi connectivity index (χ1n) is 3.00. The van der Waals surface area contributed by atoms with Gasteiger partial charge in [-0.25, -0.2) is 4.39 Å². The summed E-state index contributed by atoms with van der Waals surface area (Å²) < 4.78 is 12.8. The zero-order valence-corrected chi connectivity index (χ0v) is 5.76. The van der Waals surface area contributed by atoms with E-state index in [1.807, 2.05) is 0 Å². The van der Waals surface area contributed by atoms with Crippen molar-refractivity contribution in [3.05, 3.63) is 29.6 Å². The van der Waals surface area contributed by atoms with Crippen LogP contribution in [-0.4, -0.2) is 5.84 Å². The molecule has 0 radical (unpaired) electrons. The molecule has 0 saturated carbocycles. The van der Waals surface area contributed by atoms with Crippen molar-refractivity contribution in [1.82, 2.24) is 0 Å². The summed E-state index contributed by atoms with van der Waals surface area (Å²) in [6.07, 6.45) is 0. The number of halogens is 1. The maximum Gasteiger partial charge on any atom is 0.136 e. The third-order valence-electron chi connectivity index (χ3n) is 1.28. The Morgan fingerprint density at radius 2 is 2.09 bits per heavy atom. The van der Waals surface area contributed by atoms with Crippen LogP contribution in [0.25, 0.3) is 0 Å². The van der Waals surface area contributed by atoms with Crippen molar-refractivity contribution < 1.29 is 4.39 Å². The molecule has 58 valence electrons. The fourth-order valence-electron chi connectivity index (χ4n) is 0.750. The third-order valence-corrected chi connectivity index (χ3v) is 1.28. The van der Waals surface area contributed by atoms with Crippen LogP contribution >= 0.6 is 0 Å². The van der Waals surface area contributed by atoms with Crippen LogP contribution in [0.5, 0.6) is 0 Å². The van der Waals surface area contributed by atoms with Crippen LogP contribution in [0.15, 0.2) is 18.2 Å². The van der Waals surface area contributed by atoms with Gasteiger partial charge in [0.2, 0.25) is 0 Å². The summed E-state index contributed by atoms with van der Waals surface area (Å²) in [6, 6.07) is 4.02. The Balaban J connectivity index is 3.20. The van der Waals surface area contributed by atoms with Gasteiger partial charge >= 0.3 is 0 Å². The second-order valence-electron chi connectivity index (χ2n) is 2.15. The highest BCUT2D eigenvalue weighted by molar-refractivity contribution is 5.95. The van der Waals surface area contributed by atoms with Gasteiger partial charge < -0.3 is 11.5 Å². The van der Waals surface area contributed by atoms with Gasteiger partial charge in [0, 0.05) is 5.69 Å². The van der Waals surface area contributed by atoms with Gasteiger partial charge in [-0.05, 0) is 18.2 Å². The average Bonchev–Trinajstić information content (AvgIpc) is 1.85. The number of benzene rings is 1. The van der Waals surface area contributed by atoms with E-state index < -0.39 is 5.82 Å². The van der Waals surface area contributed by atoms with Crippen molar-refractivity contribution in [3.8, 4) is 0 Å². The standard InChI is InChI=1S/C7H8FN3/c8-6-3-4(9)1-2-5(6)7(10)11/h1-3H,9H2,(H3,10,11). The van der Waals surface area contributed by atoms with E-state index in [9.17, 15) is 4.39 Å². The molecule has 0 fully saturated rings. The monoisotopic (exact) mass is 153 g/mol. The molecule has 0 atom stereocenters. The molecule has 0 amide bonds. The molecule has 1 rings (SSSR count). The van der Waals surface area contributed by atoms with E-state index >= 15 is 0 Å². The van der Waals surface area contributed by atoms with Crippen LogP contribution in [0, 0.1) is 11.2 Å². The number of amidine groups is 1. The molecule has 0 aromatic heterocycles. The summed E-state index contributed by atoms with van der Waals surface area (Å²) in [5.74, 6) is -0.847. The number of nitrogen functional groups attached to an aromatic ring is 2. The van der Waals surface area contributed by atoms with E-state index in [1.165, 1.54) is 12.1 Å². The van der Waals surface area contributed by atoms with Crippen molar-refractivity contribution in [3.63, 3.8) is 0 Å². The minimum Gasteiger partial charge on any atom is -0.399 e. The Bertz CT molecular complexity index is 296. The number of anilines is 1. The number of nitrogens with one attached hydrogen (secondary N) is 1. The van der Waals surface area contributed by atoms with Crippen molar-refractivity contribution in [2.75, 3.05) is 5.73 Å². The van der Waals surface area contributed by atoms with Gasteiger partial charge in [-0.2, -0.15) is 0 Å². The smallest absolute Gasteiger partial charge is 0.136 e. The molecule has 11 heavy (non-hydrogen) atoms. The zero-order chi connectivity index (χ0) is 8.43. The predicted molar refractivity (Wildman–Crippen MR) is 41.8 cm³/mol. The van der Waals surface area contributed by atoms with Gasteiger partial charge in [-0.3, -0.25) is 5.41 Å². The van der Waals surface area contributed by atoms with Gasteiger partial charge in [-0.15, -0.1) is 0 Å². The first kappa shape index (κ1) is 7.53. The second kappa shape index (κ2) is 2.57. The fourth-order valence-corrected chi connectivity index (χ4v) is 0.750. The average molecular weight is 153 g/mol. The van der Waals surface area contributed by atoms with Gasteiger partial charge in [0.25, 0.3) is 0 Å². The van der Waals surface area contributed by atoms with Crippen LogP contribution in [0.2, 0.25) is 0 Å². The first-order valence-corrected chi connectivity index (χ1v) is 3.00. The van der Waals surface area contributed by atoms with Gasteiger partial charge in [-0.1, -0.05) is 0 Å². The predicted octanol–water partition coefficient (Wildman–Crippen LogP) is 0.692. The molecule has 0 aliphatic heterocycles. The Labute approximate surface area is 63.3 Å². The number of rotatable bonds is 1. The molecule has 5 N–H and O–H groups in total. The lowest BCUT2D eigenvalue weighted by Crippen LogP contribution is -2.13. The highest BCUT2D eigenvalue weighted by Gasteiger charge is 2.03. The lowest BCUT2D eigenvalue weighted by atomic mass is 10.2. The van der Waals surface area contributed by atoms with E-state index in [2.05, 4.69) is 0 Å². The second-order valence-corrected chi connectivity index (χ2v) is 2.15. The summed E-state index contributed by atoms with van der Waals surface area (Å²) in [5.41, 5.74) is 10.8. The first-order chi connectivity index (χ1) is 5.11. The minimum atomic E-state index is -0.558. The molecule has 0 spiro atoms. The third kappa shape index (κ3) is 1.46. The number of hydrogen-bond acceptors (Lipinski definition) is 2. The van der Waals surface area contributed by atoms with E-state index in [0.29, 0.717) is 5.69 Å². The summed E-state index contributed by atoms with van der Waals surface area (Å²) in [4.78, 5) is 0. The van der Waals surface area contributed by atoms with Crippen molar-refractivity contribution in [2.24, 2.45) is 5.73 Å². The highest BCUT2D eigenvalue weighted by Crippen LogP contribution is 2.10. The van der Waals surface area contributed by atoms with Crippen LogP contribution in [-0.2, 0) is 0 Å². The quantitative estimate of drug-likeness (QED) is 0.315. The maximum absolute atomic E-state index is 12.8. The Hall–Kier alpha value is -1.58. The topological polar surface area (TPSA) is 75.9 Å². The molecule has 0 heterocycles.